The van der Waals surface area contributed by atoms with Gasteiger partial charge in [-0.15, -0.1) is 12.4 Å². The van der Waals surface area contributed by atoms with E-state index in [9.17, 15) is 4.79 Å². The molecule has 0 aliphatic carbocycles. The Labute approximate surface area is 138 Å². The van der Waals surface area contributed by atoms with Crippen LogP contribution in [0.1, 0.15) is 24.8 Å². The number of amides is 1. The Morgan fingerprint density at radius 3 is 2.68 bits per heavy atom. The highest BCUT2D eigenvalue weighted by Crippen LogP contribution is 2.28. The summed E-state index contributed by atoms with van der Waals surface area (Å²) in [5.41, 5.74) is 6.79. The van der Waals surface area contributed by atoms with Crippen LogP contribution in [0.4, 0.5) is 0 Å². The molecule has 1 aliphatic rings. The Balaban J connectivity index is 0.00000242. The Bertz CT molecular complexity index is 496. The van der Waals surface area contributed by atoms with Crippen LogP contribution in [-0.2, 0) is 11.2 Å². The molecular weight excluding hydrogens is 304 g/mol. The number of hydrogen-bond acceptors (Lipinski definition) is 4. The smallest absolute Gasteiger partial charge is 0.223 e. The number of rotatable bonds is 6. The van der Waals surface area contributed by atoms with Crippen molar-refractivity contribution in [3.63, 3.8) is 0 Å². The lowest BCUT2D eigenvalue weighted by Crippen LogP contribution is -2.39. The Morgan fingerprint density at radius 1 is 1.32 bits per heavy atom. The van der Waals surface area contributed by atoms with Crippen molar-refractivity contribution >= 4 is 18.3 Å². The first-order valence-corrected chi connectivity index (χ1v) is 7.40. The fourth-order valence-electron chi connectivity index (χ4n) is 2.84. The standard InChI is InChI=1S/C16H24N2O3.ClH/c1-20-14-7-5-12(10-15(14)21-2)6-8-16(19)18-9-3-4-13(18)11-17;/h5,7,10,13H,3-4,6,8-9,11,17H2,1-2H3;1H. The molecule has 124 valence electrons. The van der Waals surface area contributed by atoms with Crippen LogP contribution in [0, 0.1) is 0 Å². The van der Waals surface area contributed by atoms with Gasteiger partial charge in [-0.2, -0.15) is 0 Å². The van der Waals surface area contributed by atoms with Gasteiger partial charge in [0.25, 0.3) is 0 Å². The van der Waals surface area contributed by atoms with Crippen molar-refractivity contribution in [1.29, 1.82) is 0 Å². The Hall–Kier alpha value is -1.46. The first kappa shape index (κ1) is 18.6. The van der Waals surface area contributed by atoms with Crippen LogP contribution in [0.3, 0.4) is 0 Å². The second-order valence-electron chi connectivity index (χ2n) is 5.31. The fraction of sp³-hybridized carbons (Fsp3) is 0.562. The van der Waals surface area contributed by atoms with E-state index in [0.717, 1.165) is 24.9 Å². The van der Waals surface area contributed by atoms with Gasteiger partial charge in [-0.3, -0.25) is 4.79 Å². The maximum atomic E-state index is 12.3. The molecule has 6 heteroatoms. The highest BCUT2D eigenvalue weighted by molar-refractivity contribution is 5.85. The predicted octanol–water partition coefficient (Wildman–Crippen LogP) is 2.01. The van der Waals surface area contributed by atoms with Crippen molar-refractivity contribution in [2.75, 3.05) is 27.3 Å². The number of methoxy groups -OCH3 is 2. The zero-order valence-corrected chi connectivity index (χ0v) is 14.0. The van der Waals surface area contributed by atoms with Crippen molar-refractivity contribution in [3.8, 4) is 11.5 Å². The maximum absolute atomic E-state index is 12.3. The maximum Gasteiger partial charge on any atom is 0.223 e. The normalized spacial score (nSPS) is 17.0. The van der Waals surface area contributed by atoms with E-state index in [2.05, 4.69) is 0 Å². The second-order valence-corrected chi connectivity index (χ2v) is 5.31. The molecule has 2 N–H and O–H groups in total. The molecule has 0 spiro atoms. The summed E-state index contributed by atoms with van der Waals surface area (Å²) in [6.45, 7) is 1.40. The number of nitrogens with zero attached hydrogens (tertiary/aromatic N) is 1. The Morgan fingerprint density at radius 2 is 2.05 bits per heavy atom. The number of halogens is 1. The molecule has 0 bridgehead atoms. The number of carbonyl (C=O) groups excluding carboxylic acids is 1. The molecular formula is C16H25ClN2O3. The molecule has 1 aromatic carbocycles. The van der Waals surface area contributed by atoms with Gasteiger partial charge in [-0.25, -0.2) is 0 Å². The van der Waals surface area contributed by atoms with Crippen LogP contribution < -0.4 is 15.2 Å². The van der Waals surface area contributed by atoms with Gasteiger partial charge >= 0.3 is 0 Å². The summed E-state index contributed by atoms with van der Waals surface area (Å²) in [4.78, 5) is 14.2. The fourth-order valence-corrected chi connectivity index (χ4v) is 2.84. The molecule has 22 heavy (non-hydrogen) atoms. The third-order valence-electron chi connectivity index (χ3n) is 4.05. The summed E-state index contributed by atoms with van der Waals surface area (Å²) >= 11 is 0. The minimum absolute atomic E-state index is 0. The van der Waals surface area contributed by atoms with E-state index in [4.69, 9.17) is 15.2 Å². The van der Waals surface area contributed by atoms with Gasteiger partial charge in [0, 0.05) is 25.6 Å². The molecule has 1 aromatic rings. The van der Waals surface area contributed by atoms with E-state index in [1.54, 1.807) is 14.2 Å². The summed E-state index contributed by atoms with van der Waals surface area (Å²) in [7, 11) is 3.23. The van der Waals surface area contributed by atoms with Crippen LogP contribution in [0.15, 0.2) is 18.2 Å². The third-order valence-corrected chi connectivity index (χ3v) is 4.05. The molecule has 0 saturated carbocycles. The zero-order valence-electron chi connectivity index (χ0n) is 13.2. The Kier molecular flexibility index (Phi) is 7.48. The highest BCUT2D eigenvalue weighted by atomic mass is 35.5. The van der Waals surface area contributed by atoms with E-state index in [-0.39, 0.29) is 24.4 Å². The first-order chi connectivity index (χ1) is 10.2. The van der Waals surface area contributed by atoms with E-state index < -0.39 is 0 Å². The number of carbonyl (C=O) groups is 1. The summed E-state index contributed by atoms with van der Waals surface area (Å²) in [6.07, 6.45) is 3.29. The molecule has 1 saturated heterocycles. The van der Waals surface area contributed by atoms with Gasteiger partial charge < -0.3 is 20.1 Å². The van der Waals surface area contributed by atoms with Gasteiger partial charge in [0.05, 0.1) is 14.2 Å². The van der Waals surface area contributed by atoms with Crippen molar-refractivity contribution in [3.05, 3.63) is 23.8 Å². The molecule has 1 heterocycles. The SMILES string of the molecule is COc1ccc(CCC(=O)N2CCCC2CN)cc1OC.Cl. The quantitative estimate of drug-likeness (QED) is 0.867. The summed E-state index contributed by atoms with van der Waals surface area (Å²) in [5, 5.41) is 0. The van der Waals surface area contributed by atoms with Crippen molar-refractivity contribution in [2.24, 2.45) is 5.73 Å². The van der Waals surface area contributed by atoms with Gasteiger partial charge in [0.1, 0.15) is 0 Å². The monoisotopic (exact) mass is 328 g/mol. The molecule has 1 fully saturated rings. The second kappa shape index (κ2) is 8.86. The van der Waals surface area contributed by atoms with Gasteiger partial charge in [0.2, 0.25) is 5.91 Å². The first-order valence-electron chi connectivity index (χ1n) is 7.40. The number of likely N-dealkylation sites (tertiary alicyclic amines) is 1. The van der Waals surface area contributed by atoms with Crippen molar-refractivity contribution < 1.29 is 14.3 Å². The van der Waals surface area contributed by atoms with Crippen LogP contribution in [-0.4, -0.2) is 44.2 Å². The molecule has 0 aromatic heterocycles. The molecule has 0 radical (unpaired) electrons. The predicted molar refractivity (Wildman–Crippen MR) is 88.9 cm³/mol. The molecule has 1 atom stereocenters. The van der Waals surface area contributed by atoms with Crippen LogP contribution in [0.25, 0.3) is 0 Å². The average molecular weight is 329 g/mol. The van der Waals surface area contributed by atoms with Crippen LogP contribution >= 0.6 is 12.4 Å². The lowest BCUT2D eigenvalue weighted by molar-refractivity contribution is -0.131. The molecule has 1 unspecified atom stereocenters. The van der Waals surface area contributed by atoms with Crippen molar-refractivity contribution in [1.82, 2.24) is 4.90 Å². The number of hydrogen-bond donors (Lipinski definition) is 1. The largest absolute Gasteiger partial charge is 0.493 e. The summed E-state index contributed by atoms with van der Waals surface area (Å²) in [5.74, 6) is 1.59. The zero-order chi connectivity index (χ0) is 15.2. The van der Waals surface area contributed by atoms with E-state index in [1.165, 1.54) is 0 Å². The molecule has 2 rings (SSSR count). The molecule has 1 amide bonds. The van der Waals surface area contributed by atoms with Crippen molar-refractivity contribution in [2.45, 2.75) is 31.7 Å². The van der Waals surface area contributed by atoms with E-state index in [0.29, 0.717) is 30.9 Å². The number of benzene rings is 1. The van der Waals surface area contributed by atoms with E-state index in [1.807, 2.05) is 23.1 Å². The van der Waals surface area contributed by atoms with Crippen LogP contribution in [0.2, 0.25) is 0 Å². The average Bonchev–Trinajstić information content (AvgIpc) is 3.00. The lowest BCUT2D eigenvalue weighted by Gasteiger charge is -2.23. The number of aryl methyl sites for hydroxylation is 1. The topological polar surface area (TPSA) is 64.8 Å². The minimum atomic E-state index is 0. The lowest BCUT2D eigenvalue weighted by atomic mass is 10.1. The summed E-state index contributed by atoms with van der Waals surface area (Å²) in [6, 6.07) is 6.00. The van der Waals surface area contributed by atoms with Gasteiger partial charge in [-0.1, -0.05) is 6.07 Å². The number of ether oxygens (including phenoxy) is 2. The third kappa shape index (κ3) is 4.27. The van der Waals surface area contributed by atoms with Gasteiger partial charge in [-0.05, 0) is 37.0 Å². The minimum Gasteiger partial charge on any atom is -0.493 e. The molecule has 1 aliphatic heterocycles. The number of nitrogens with two attached hydrogens (primary N) is 1. The highest BCUT2D eigenvalue weighted by Gasteiger charge is 2.26. The molecule has 5 nitrogen and oxygen atoms in total. The summed E-state index contributed by atoms with van der Waals surface area (Å²) < 4.78 is 10.5. The van der Waals surface area contributed by atoms with Gasteiger partial charge in [0.15, 0.2) is 11.5 Å². The van der Waals surface area contributed by atoms with E-state index >= 15 is 0 Å². The van der Waals surface area contributed by atoms with Crippen LogP contribution in [0.5, 0.6) is 11.5 Å².